The molecule has 8 heteroatoms. The second-order valence-corrected chi connectivity index (χ2v) is 7.50. The SMILES string of the molecule is Cc1cc(Br)cc(C)c1-n1cc2c(=O)[nH]c(N3CCCCCO3)nc2n1. The molecule has 0 aliphatic carbocycles. The molecule has 2 aromatic heterocycles. The summed E-state index contributed by atoms with van der Waals surface area (Å²) in [6, 6.07) is 4.06. The van der Waals surface area contributed by atoms with Crippen LogP contribution in [-0.2, 0) is 4.84 Å². The minimum absolute atomic E-state index is 0.212. The van der Waals surface area contributed by atoms with Gasteiger partial charge >= 0.3 is 0 Å². The number of hydroxylamine groups is 1. The van der Waals surface area contributed by atoms with Crippen molar-refractivity contribution in [3.05, 3.63) is 44.3 Å². The Morgan fingerprint density at radius 3 is 2.73 bits per heavy atom. The van der Waals surface area contributed by atoms with Crippen molar-refractivity contribution < 1.29 is 4.84 Å². The quantitative estimate of drug-likeness (QED) is 0.691. The number of aromatic amines is 1. The van der Waals surface area contributed by atoms with Crippen LogP contribution in [0.25, 0.3) is 16.7 Å². The fourth-order valence-electron chi connectivity index (χ4n) is 3.34. The van der Waals surface area contributed by atoms with Crippen molar-refractivity contribution in [1.29, 1.82) is 0 Å². The van der Waals surface area contributed by atoms with E-state index in [0.29, 0.717) is 30.1 Å². The van der Waals surface area contributed by atoms with E-state index in [0.717, 1.165) is 40.5 Å². The first-order chi connectivity index (χ1) is 12.5. The number of nitrogens with one attached hydrogen (secondary N) is 1. The van der Waals surface area contributed by atoms with Crippen LogP contribution in [0.15, 0.2) is 27.6 Å². The topological polar surface area (TPSA) is 76.0 Å². The number of benzene rings is 1. The van der Waals surface area contributed by atoms with Gasteiger partial charge in [-0.3, -0.25) is 14.6 Å². The number of hydrogen-bond acceptors (Lipinski definition) is 5. The Labute approximate surface area is 159 Å². The number of hydrogen-bond donors (Lipinski definition) is 1. The lowest BCUT2D eigenvalue weighted by molar-refractivity contribution is 0.115. The maximum Gasteiger partial charge on any atom is 0.263 e. The van der Waals surface area contributed by atoms with E-state index in [1.807, 2.05) is 26.0 Å². The highest BCUT2D eigenvalue weighted by molar-refractivity contribution is 9.10. The lowest BCUT2D eigenvalue weighted by Gasteiger charge is -2.19. The number of anilines is 1. The predicted octanol–water partition coefficient (Wildman–Crippen LogP) is 3.41. The van der Waals surface area contributed by atoms with Crippen LogP contribution in [-0.4, -0.2) is 32.9 Å². The van der Waals surface area contributed by atoms with Gasteiger partial charge in [-0.1, -0.05) is 15.9 Å². The Balaban J connectivity index is 1.81. The zero-order valence-electron chi connectivity index (χ0n) is 14.8. The molecule has 1 N–H and O–H groups in total. The van der Waals surface area contributed by atoms with Gasteiger partial charge in [-0.05, 0) is 56.4 Å². The fraction of sp³-hybridized carbons (Fsp3) is 0.389. The van der Waals surface area contributed by atoms with Crippen molar-refractivity contribution in [2.24, 2.45) is 0 Å². The first-order valence-corrected chi connectivity index (χ1v) is 9.49. The van der Waals surface area contributed by atoms with Crippen molar-refractivity contribution in [2.45, 2.75) is 33.1 Å². The lowest BCUT2D eigenvalue weighted by atomic mass is 10.1. The average molecular weight is 418 g/mol. The molecule has 1 aliphatic heterocycles. The number of fused-ring (bicyclic) bond motifs is 1. The highest BCUT2D eigenvalue weighted by Gasteiger charge is 2.17. The van der Waals surface area contributed by atoms with Crippen LogP contribution < -0.4 is 10.6 Å². The Kier molecular flexibility index (Phi) is 4.54. The van der Waals surface area contributed by atoms with Crippen LogP contribution >= 0.6 is 15.9 Å². The molecule has 7 nitrogen and oxygen atoms in total. The third kappa shape index (κ3) is 3.14. The first-order valence-electron chi connectivity index (χ1n) is 8.70. The van der Waals surface area contributed by atoms with Gasteiger partial charge in [0.1, 0.15) is 5.39 Å². The lowest BCUT2D eigenvalue weighted by Crippen LogP contribution is -2.27. The van der Waals surface area contributed by atoms with E-state index < -0.39 is 0 Å². The van der Waals surface area contributed by atoms with Gasteiger partial charge in [0.15, 0.2) is 5.65 Å². The molecule has 1 fully saturated rings. The summed E-state index contributed by atoms with van der Waals surface area (Å²) in [6.07, 6.45) is 4.87. The van der Waals surface area contributed by atoms with Gasteiger partial charge in [0.25, 0.3) is 5.56 Å². The minimum atomic E-state index is -0.212. The summed E-state index contributed by atoms with van der Waals surface area (Å²) in [5, 5.41) is 6.69. The van der Waals surface area contributed by atoms with Crippen molar-refractivity contribution >= 4 is 32.9 Å². The Bertz CT molecular complexity index is 995. The Morgan fingerprint density at radius 1 is 1.19 bits per heavy atom. The predicted molar refractivity (Wildman–Crippen MR) is 104 cm³/mol. The zero-order valence-corrected chi connectivity index (χ0v) is 16.3. The molecule has 1 saturated heterocycles. The molecule has 0 atom stereocenters. The third-order valence-corrected chi connectivity index (χ3v) is 5.01. The number of aryl methyl sites for hydroxylation is 2. The van der Waals surface area contributed by atoms with Gasteiger partial charge in [0.05, 0.1) is 12.3 Å². The van der Waals surface area contributed by atoms with Crippen LogP contribution in [0.1, 0.15) is 30.4 Å². The summed E-state index contributed by atoms with van der Waals surface area (Å²) in [4.78, 5) is 25.6. The van der Waals surface area contributed by atoms with Crippen molar-refractivity contribution in [2.75, 3.05) is 18.2 Å². The minimum Gasteiger partial charge on any atom is -0.290 e. The smallest absolute Gasteiger partial charge is 0.263 e. The van der Waals surface area contributed by atoms with E-state index in [2.05, 4.69) is 31.0 Å². The molecule has 1 aliphatic rings. The molecule has 3 aromatic rings. The number of aromatic nitrogens is 4. The molecule has 26 heavy (non-hydrogen) atoms. The second-order valence-electron chi connectivity index (χ2n) is 6.58. The van der Waals surface area contributed by atoms with Gasteiger partial charge in [-0.25, -0.2) is 9.75 Å². The van der Waals surface area contributed by atoms with E-state index in [1.54, 1.807) is 15.9 Å². The first kappa shape index (κ1) is 17.2. The van der Waals surface area contributed by atoms with Crippen LogP contribution in [0, 0.1) is 13.8 Å². The number of H-pyrrole nitrogens is 1. The summed E-state index contributed by atoms with van der Waals surface area (Å²) >= 11 is 3.51. The monoisotopic (exact) mass is 417 g/mol. The molecule has 0 unspecified atom stereocenters. The summed E-state index contributed by atoms with van der Waals surface area (Å²) in [5.74, 6) is 0.416. The van der Waals surface area contributed by atoms with Crippen LogP contribution in [0.5, 0.6) is 0 Å². The highest BCUT2D eigenvalue weighted by atomic mass is 79.9. The van der Waals surface area contributed by atoms with Gasteiger partial charge in [-0.15, -0.1) is 5.10 Å². The molecule has 0 amide bonds. The van der Waals surface area contributed by atoms with E-state index in [9.17, 15) is 4.79 Å². The van der Waals surface area contributed by atoms with Crippen molar-refractivity contribution in [1.82, 2.24) is 19.7 Å². The van der Waals surface area contributed by atoms with Gasteiger partial charge in [-0.2, -0.15) is 4.98 Å². The van der Waals surface area contributed by atoms with E-state index in [-0.39, 0.29) is 5.56 Å². The molecule has 0 radical (unpaired) electrons. The average Bonchev–Trinajstić information content (AvgIpc) is 2.81. The molecule has 0 saturated carbocycles. The van der Waals surface area contributed by atoms with Crippen molar-refractivity contribution in [3.8, 4) is 5.69 Å². The standard InChI is InChI=1S/C18H20BrN5O2/c1-11-8-13(19)9-12(2)15(11)23-10-14-16(22-23)20-18(21-17(14)25)24-6-4-3-5-7-26-24/h8-10H,3-7H2,1-2H3,(H,20,21,22,25). The van der Waals surface area contributed by atoms with E-state index >= 15 is 0 Å². The summed E-state index contributed by atoms with van der Waals surface area (Å²) in [6.45, 7) is 5.38. The Hall–Kier alpha value is -2.19. The molecule has 4 rings (SSSR count). The van der Waals surface area contributed by atoms with Crippen molar-refractivity contribution in [3.63, 3.8) is 0 Å². The highest BCUT2D eigenvalue weighted by Crippen LogP contribution is 2.25. The molecular weight excluding hydrogens is 398 g/mol. The van der Waals surface area contributed by atoms with Crippen LogP contribution in [0.4, 0.5) is 5.95 Å². The molecule has 0 bridgehead atoms. The molecule has 0 spiro atoms. The molecule has 3 heterocycles. The summed E-state index contributed by atoms with van der Waals surface area (Å²) < 4.78 is 2.75. The van der Waals surface area contributed by atoms with E-state index in [4.69, 9.17) is 4.84 Å². The number of halogens is 1. The van der Waals surface area contributed by atoms with Crippen LogP contribution in [0.3, 0.4) is 0 Å². The molecule has 1 aromatic carbocycles. The summed E-state index contributed by atoms with van der Waals surface area (Å²) in [5.41, 5.74) is 3.29. The largest absolute Gasteiger partial charge is 0.290 e. The maximum absolute atomic E-state index is 12.6. The Morgan fingerprint density at radius 2 is 1.96 bits per heavy atom. The number of rotatable bonds is 2. The summed E-state index contributed by atoms with van der Waals surface area (Å²) in [7, 11) is 0. The van der Waals surface area contributed by atoms with Gasteiger partial charge in [0, 0.05) is 17.2 Å². The second kappa shape index (κ2) is 6.85. The fourth-order valence-corrected chi connectivity index (χ4v) is 4.03. The van der Waals surface area contributed by atoms with Gasteiger partial charge in [0.2, 0.25) is 5.95 Å². The maximum atomic E-state index is 12.6. The number of nitrogens with zero attached hydrogens (tertiary/aromatic N) is 4. The molecular formula is C18H20BrN5O2. The normalized spacial score (nSPS) is 15.4. The van der Waals surface area contributed by atoms with Crippen LogP contribution in [0.2, 0.25) is 0 Å². The van der Waals surface area contributed by atoms with Gasteiger partial charge < -0.3 is 0 Å². The van der Waals surface area contributed by atoms with E-state index in [1.165, 1.54) is 0 Å². The third-order valence-electron chi connectivity index (χ3n) is 4.55. The zero-order chi connectivity index (χ0) is 18.3. The molecule has 136 valence electrons.